The van der Waals surface area contributed by atoms with E-state index < -0.39 is 0 Å². The minimum absolute atomic E-state index is 0.0527. The summed E-state index contributed by atoms with van der Waals surface area (Å²) in [5.41, 5.74) is 7.07. The Morgan fingerprint density at radius 3 is 2.83 bits per heavy atom. The summed E-state index contributed by atoms with van der Waals surface area (Å²) >= 11 is 9.11. The third-order valence-corrected chi connectivity index (χ3v) is 5.27. The molecule has 0 saturated carbocycles. The average molecular weight is 303 g/mol. The molecule has 2 heterocycles. The van der Waals surface area contributed by atoms with E-state index in [1.165, 1.54) is 0 Å². The molecule has 2 rings (SSSR count). The van der Waals surface area contributed by atoms with E-state index in [1.54, 1.807) is 29.4 Å². The number of rotatable bonds is 5. The van der Waals surface area contributed by atoms with Crippen LogP contribution in [0.5, 0.6) is 0 Å². The number of thiophene rings is 1. The molecule has 0 bridgehead atoms. The van der Waals surface area contributed by atoms with Gasteiger partial charge in [0, 0.05) is 10.9 Å². The molecular formula is C12H15ClN2OS2. The summed E-state index contributed by atoms with van der Waals surface area (Å²) in [5.74, 6) is 0. The molecule has 0 saturated heterocycles. The minimum Gasteiger partial charge on any atom is -0.440 e. The highest BCUT2D eigenvalue weighted by Gasteiger charge is 2.23. The number of hydrogen-bond acceptors (Lipinski definition) is 5. The first-order valence-electron chi connectivity index (χ1n) is 5.69. The molecule has 0 spiro atoms. The molecule has 0 fully saturated rings. The third kappa shape index (κ3) is 3.29. The van der Waals surface area contributed by atoms with Gasteiger partial charge in [-0.15, -0.1) is 11.3 Å². The maximum Gasteiger partial charge on any atom is 0.256 e. The Morgan fingerprint density at radius 2 is 2.33 bits per heavy atom. The Balaban J connectivity index is 2.20. The fourth-order valence-electron chi connectivity index (χ4n) is 1.55. The third-order valence-electron chi connectivity index (χ3n) is 2.56. The Hall–Kier alpha value is -0.490. The standard InChI is InChI=1S/C12H15ClN2OS2/c1-3-8(14)11(9-4-5-10(13)17-9)18-12-15-7(2)6-16-12/h4-6,8,11H,3,14H2,1-2H3. The van der Waals surface area contributed by atoms with E-state index >= 15 is 0 Å². The SMILES string of the molecule is CCC(N)C(Sc1nc(C)co1)c1ccc(Cl)s1. The first-order chi connectivity index (χ1) is 8.60. The van der Waals surface area contributed by atoms with Crippen molar-refractivity contribution in [2.45, 2.75) is 36.8 Å². The quantitative estimate of drug-likeness (QED) is 0.838. The van der Waals surface area contributed by atoms with Crippen molar-refractivity contribution in [2.24, 2.45) is 5.73 Å². The molecule has 0 aliphatic heterocycles. The Labute approximate surface area is 120 Å². The van der Waals surface area contributed by atoms with E-state index in [1.807, 2.05) is 19.1 Å². The van der Waals surface area contributed by atoms with Gasteiger partial charge >= 0.3 is 0 Å². The number of halogens is 1. The number of aromatic nitrogens is 1. The smallest absolute Gasteiger partial charge is 0.256 e. The monoisotopic (exact) mass is 302 g/mol. The molecular weight excluding hydrogens is 288 g/mol. The van der Waals surface area contributed by atoms with Gasteiger partial charge in [-0.3, -0.25) is 0 Å². The van der Waals surface area contributed by atoms with Crippen molar-refractivity contribution < 1.29 is 4.42 Å². The van der Waals surface area contributed by atoms with E-state index in [0.717, 1.165) is 21.3 Å². The van der Waals surface area contributed by atoms with Gasteiger partial charge in [0.2, 0.25) is 0 Å². The molecule has 2 unspecified atom stereocenters. The van der Waals surface area contributed by atoms with Crippen molar-refractivity contribution in [3.05, 3.63) is 33.3 Å². The molecule has 2 aromatic rings. The van der Waals surface area contributed by atoms with Crippen molar-refractivity contribution in [1.82, 2.24) is 4.98 Å². The van der Waals surface area contributed by atoms with Crippen LogP contribution in [0.3, 0.4) is 0 Å². The van der Waals surface area contributed by atoms with Gasteiger partial charge < -0.3 is 10.2 Å². The van der Waals surface area contributed by atoms with E-state index in [9.17, 15) is 0 Å². The van der Waals surface area contributed by atoms with Gasteiger partial charge in [-0.25, -0.2) is 4.98 Å². The van der Waals surface area contributed by atoms with Crippen molar-refractivity contribution in [3.63, 3.8) is 0 Å². The summed E-state index contributed by atoms with van der Waals surface area (Å²) in [7, 11) is 0. The van der Waals surface area contributed by atoms with E-state index in [2.05, 4.69) is 11.9 Å². The van der Waals surface area contributed by atoms with Crippen molar-refractivity contribution in [2.75, 3.05) is 0 Å². The first-order valence-corrected chi connectivity index (χ1v) is 7.77. The fraction of sp³-hybridized carbons (Fsp3) is 0.417. The Bertz CT molecular complexity index is 512. The second-order valence-corrected chi connectivity index (χ2v) is 6.85. The highest BCUT2D eigenvalue weighted by Crippen LogP contribution is 2.41. The van der Waals surface area contributed by atoms with Crippen LogP contribution in [-0.2, 0) is 0 Å². The molecule has 0 aromatic carbocycles. The largest absolute Gasteiger partial charge is 0.440 e. The number of hydrogen-bond donors (Lipinski definition) is 1. The summed E-state index contributed by atoms with van der Waals surface area (Å²) in [6.07, 6.45) is 2.55. The van der Waals surface area contributed by atoms with E-state index in [0.29, 0.717) is 5.22 Å². The van der Waals surface area contributed by atoms with Crippen LogP contribution in [0.4, 0.5) is 0 Å². The second-order valence-electron chi connectivity index (χ2n) is 4.01. The molecule has 2 aromatic heterocycles. The van der Waals surface area contributed by atoms with Crippen LogP contribution < -0.4 is 5.73 Å². The summed E-state index contributed by atoms with van der Waals surface area (Å²) in [6.45, 7) is 3.98. The molecule has 2 N–H and O–H groups in total. The molecule has 18 heavy (non-hydrogen) atoms. The highest BCUT2D eigenvalue weighted by molar-refractivity contribution is 7.99. The predicted octanol–water partition coefficient (Wildman–Crippen LogP) is 4.27. The lowest BCUT2D eigenvalue weighted by atomic mass is 10.1. The summed E-state index contributed by atoms with van der Waals surface area (Å²) < 4.78 is 6.17. The van der Waals surface area contributed by atoms with Gasteiger partial charge in [0.15, 0.2) is 0 Å². The van der Waals surface area contributed by atoms with Gasteiger partial charge in [0.1, 0.15) is 6.26 Å². The lowest BCUT2D eigenvalue weighted by Crippen LogP contribution is -2.25. The molecule has 0 aliphatic rings. The van der Waals surface area contributed by atoms with Crippen LogP contribution >= 0.6 is 34.7 Å². The molecule has 0 radical (unpaired) electrons. The van der Waals surface area contributed by atoms with Gasteiger partial charge in [-0.05, 0) is 25.5 Å². The molecule has 3 nitrogen and oxygen atoms in total. The van der Waals surface area contributed by atoms with Gasteiger partial charge in [0.25, 0.3) is 5.22 Å². The van der Waals surface area contributed by atoms with Crippen LogP contribution in [0, 0.1) is 6.92 Å². The predicted molar refractivity (Wildman–Crippen MR) is 77.4 cm³/mol. The molecule has 2 atom stereocenters. The van der Waals surface area contributed by atoms with Crippen LogP contribution in [0.1, 0.15) is 29.2 Å². The minimum atomic E-state index is 0.0527. The van der Waals surface area contributed by atoms with Crippen molar-refractivity contribution >= 4 is 34.7 Å². The topological polar surface area (TPSA) is 52.0 Å². The maximum absolute atomic E-state index is 6.19. The molecule has 0 amide bonds. The van der Waals surface area contributed by atoms with Gasteiger partial charge in [0.05, 0.1) is 15.3 Å². The van der Waals surface area contributed by atoms with Crippen LogP contribution in [-0.4, -0.2) is 11.0 Å². The Morgan fingerprint density at radius 1 is 1.56 bits per heavy atom. The lowest BCUT2D eigenvalue weighted by molar-refractivity contribution is 0.451. The molecule has 0 aliphatic carbocycles. The number of thioether (sulfide) groups is 1. The van der Waals surface area contributed by atoms with Gasteiger partial charge in [-0.2, -0.15) is 0 Å². The van der Waals surface area contributed by atoms with Crippen molar-refractivity contribution in [3.8, 4) is 0 Å². The van der Waals surface area contributed by atoms with Crippen LogP contribution in [0.2, 0.25) is 4.34 Å². The summed E-state index contributed by atoms with van der Waals surface area (Å²) in [5, 5.41) is 0.788. The highest BCUT2D eigenvalue weighted by atomic mass is 35.5. The lowest BCUT2D eigenvalue weighted by Gasteiger charge is -2.19. The zero-order valence-electron chi connectivity index (χ0n) is 10.2. The van der Waals surface area contributed by atoms with Crippen molar-refractivity contribution in [1.29, 1.82) is 0 Å². The molecule has 98 valence electrons. The second kappa shape index (κ2) is 6.10. The maximum atomic E-state index is 6.19. The zero-order valence-corrected chi connectivity index (χ0v) is 12.6. The summed E-state index contributed by atoms with van der Waals surface area (Å²) in [6, 6.07) is 3.98. The number of nitrogens with zero attached hydrogens (tertiary/aromatic N) is 1. The summed E-state index contributed by atoms with van der Waals surface area (Å²) in [4.78, 5) is 5.47. The fourth-order valence-corrected chi connectivity index (χ4v) is 4.03. The number of nitrogens with two attached hydrogens (primary N) is 1. The Kier molecular flexibility index (Phi) is 4.72. The molecule has 6 heteroatoms. The number of aryl methyl sites for hydroxylation is 1. The van der Waals surface area contributed by atoms with E-state index in [-0.39, 0.29) is 11.3 Å². The van der Waals surface area contributed by atoms with Crippen LogP contribution in [0.15, 0.2) is 28.0 Å². The number of oxazole rings is 1. The zero-order chi connectivity index (χ0) is 13.1. The van der Waals surface area contributed by atoms with E-state index in [4.69, 9.17) is 21.8 Å². The van der Waals surface area contributed by atoms with Crippen LogP contribution in [0.25, 0.3) is 0 Å². The first kappa shape index (κ1) is 13.9. The average Bonchev–Trinajstić information content (AvgIpc) is 2.94. The normalized spacial score (nSPS) is 14.7. The van der Waals surface area contributed by atoms with Gasteiger partial charge in [-0.1, -0.05) is 30.3 Å².